The van der Waals surface area contributed by atoms with Crippen molar-refractivity contribution in [2.24, 2.45) is 0 Å². The maximum Gasteiger partial charge on any atom is 0.257 e. The summed E-state index contributed by atoms with van der Waals surface area (Å²) < 4.78 is 13.4. The molecule has 3 aromatic heterocycles. The Morgan fingerprint density at radius 1 is 1.14 bits per heavy atom. The predicted molar refractivity (Wildman–Crippen MR) is 110 cm³/mol. The van der Waals surface area contributed by atoms with E-state index in [9.17, 15) is 0 Å². The van der Waals surface area contributed by atoms with Crippen molar-refractivity contribution in [3.05, 3.63) is 22.4 Å². The number of thiophene rings is 1. The predicted octanol–water partition coefficient (Wildman–Crippen LogP) is 3.41. The molecule has 1 aliphatic rings. The zero-order valence-corrected chi connectivity index (χ0v) is 18.0. The van der Waals surface area contributed by atoms with E-state index in [1.807, 2.05) is 0 Å². The standard InChI is InChI=1S/C18H24N6O2S2/c1-4-13-12(3)10-14(28-13)16-20-19-15(26-16)11-27-18-22-21-17(24(18)5-2)23-6-8-25-9-7-23/h10H,4-9,11H2,1-3H3. The molecule has 150 valence electrons. The second-order valence-electron chi connectivity index (χ2n) is 6.49. The van der Waals surface area contributed by atoms with Crippen LogP contribution < -0.4 is 4.90 Å². The van der Waals surface area contributed by atoms with Crippen LogP contribution in [0.1, 0.15) is 30.2 Å². The Hall–Kier alpha value is -1.91. The van der Waals surface area contributed by atoms with Crippen molar-refractivity contribution < 1.29 is 9.15 Å². The number of aryl methyl sites for hydroxylation is 2. The van der Waals surface area contributed by atoms with Crippen LogP contribution in [0, 0.1) is 6.92 Å². The van der Waals surface area contributed by atoms with E-state index < -0.39 is 0 Å². The van der Waals surface area contributed by atoms with Crippen molar-refractivity contribution in [1.82, 2.24) is 25.0 Å². The van der Waals surface area contributed by atoms with Gasteiger partial charge >= 0.3 is 0 Å². The fourth-order valence-corrected chi connectivity index (χ4v) is 5.05. The number of hydrogen-bond acceptors (Lipinski definition) is 9. The molecule has 0 aliphatic carbocycles. The summed E-state index contributed by atoms with van der Waals surface area (Å²) in [5, 5.41) is 18.1. The minimum absolute atomic E-state index is 0.569. The number of hydrogen-bond donors (Lipinski definition) is 0. The summed E-state index contributed by atoms with van der Waals surface area (Å²) in [6.45, 7) is 10.3. The molecular formula is C18H24N6O2S2. The maximum absolute atomic E-state index is 5.88. The first-order valence-corrected chi connectivity index (χ1v) is 11.3. The maximum atomic E-state index is 5.88. The van der Waals surface area contributed by atoms with E-state index in [1.165, 1.54) is 10.4 Å². The molecule has 1 aliphatic heterocycles. The summed E-state index contributed by atoms with van der Waals surface area (Å²) in [6, 6.07) is 2.12. The highest BCUT2D eigenvalue weighted by atomic mass is 32.2. The highest BCUT2D eigenvalue weighted by Gasteiger charge is 2.20. The normalized spacial score (nSPS) is 14.8. The molecule has 0 saturated carbocycles. The zero-order chi connectivity index (χ0) is 19.5. The van der Waals surface area contributed by atoms with Gasteiger partial charge in [0.05, 0.1) is 23.8 Å². The molecule has 0 unspecified atom stereocenters. The highest BCUT2D eigenvalue weighted by Crippen LogP contribution is 2.32. The van der Waals surface area contributed by atoms with Gasteiger partial charge in [-0.1, -0.05) is 18.7 Å². The third-order valence-electron chi connectivity index (χ3n) is 4.65. The van der Waals surface area contributed by atoms with Crippen LogP contribution in [0.3, 0.4) is 0 Å². The Kier molecular flexibility index (Phi) is 5.98. The van der Waals surface area contributed by atoms with Crippen LogP contribution in [0.2, 0.25) is 0 Å². The lowest BCUT2D eigenvalue weighted by molar-refractivity contribution is 0.121. The monoisotopic (exact) mass is 420 g/mol. The van der Waals surface area contributed by atoms with Crippen molar-refractivity contribution in [2.75, 3.05) is 31.2 Å². The number of morpholine rings is 1. The van der Waals surface area contributed by atoms with E-state index in [1.54, 1.807) is 23.1 Å². The largest absolute Gasteiger partial charge is 0.419 e. The van der Waals surface area contributed by atoms with Crippen molar-refractivity contribution in [3.63, 3.8) is 0 Å². The van der Waals surface area contributed by atoms with Gasteiger partial charge in [0.15, 0.2) is 5.16 Å². The van der Waals surface area contributed by atoms with Gasteiger partial charge in [0.1, 0.15) is 0 Å². The Bertz CT molecular complexity index is 929. The fourth-order valence-electron chi connectivity index (χ4n) is 3.18. The quantitative estimate of drug-likeness (QED) is 0.538. The molecule has 0 atom stereocenters. The molecule has 1 saturated heterocycles. The number of rotatable bonds is 7. The number of nitrogens with zero attached hydrogens (tertiary/aromatic N) is 6. The number of aromatic nitrogens is 5. The van der Waals surface area contributed by atoms with Crippen LogP contribution >= 0.6 is 23.1 Å². The summed E-state index contributed by atoms with van der Waals surface area (Å²) in [7, 11) is 0. The molecule has 4 heterocycles. The van der Waals surface area contributed by atoms with Gasteiger partial charge in [0, 0.05) is 24.5 Å². The van der Waals surface area contributed by atoms with Crippen LogP contribution in [0.15, 0.2) is 15.6 Å². The Balaban J connectivity index is 1.45. The Morgan fingerprint density at radius 3 is 2.68 bits per heavy atom. The summed E-state index contributed by atoms with van der Waals surface area (Å²) >= 11 is 3.29. The van der Waals surface area contributed by atoms with Gasteiger partial charge in [-0.15, -0.1) is 31.7 Å². The first-order chi connectivity index (χ1) is 13.7. The third kappa shape index (κ3) is 3.94. The van der Waals surface area contributed by atoms with Crippen LogP contribution in [0.25, 0.3) is 10.8 Å². The van der Waals surface area contributed by atoms with Crippen LogP contribution in [0.4, 0.5) is 5.95 Å². The first-order valence-electron chi connectivity index (χ1n) is 9.50. The van der Waals surface area contributed by atoms with Gasteiger partial charge in [0.2, 0.25) is 11.8 Å². The van der Waals surface area contributed by atoms with E-state index in [-0.39, 0.29) is 0 Å². The molecule has 1 fully saturated rings. The van der Waals surface area contributed by atoms with Crippen molar-refractivity contribution in [3.8, 4) is 10.8 Å². The van der Waals surface area contributed by atoms with E-state index in [0.717, 1.165) is 55.3 Å². The Morgan fingerprint density at radius 2 is 1.96 bits per heavy atom. The fraction of sp³-hybridized carbons (Fsp3) is 0.556. The summed E-state index contributed by atoms with van der Waals surface area (Å²) in [6.07, 6.45) is 1.02. The molecule has 0 bridgehead atoms. The van der Waals surface area contributed by atoms with Gasteiger partial charge in [-0.2, -0.15) is 0 Å². The minimum Gasteiger partial charge on any atom is -0.419 e. The van der Waals surface area contributed by atoms with E-state index >= 15 is 0 Å². The zero-order valence-electron chi connectivity index (χ0n) is 16.3. The summed E-state index contributed by atoms with van der Waals surface area (Å²) in [4.78, 5) is 4.61. The number of ether oxygens (including phenoxy) is 1. The van der Waals surface area contributed by atoms with Gasteiger partial charge < -0.3 is 14.1 Å². The Labute approximate surface area is 172 Å². The van der Waals surface area contributed by atoms with Crippen molar-refractivity contribution in [2.45, 2.75) is 44.6 Å². The summed E-state index contributed by atoms with van der Waals surface area (Å²) in [5.74, 6) is 2.66. The van der Waals surface area contributed by atoms with Gasteiger partial charge in [-0.3, -0.25) is 4.57 Å². The number of anilines is 1. The van der Waals surface area contributed by atoms with Crippen LogP contribution in [-0.4, -0.2) is 51.3 Å². The molecular weight excluding hydrogens is 396 g/mol. The molecule has 0 aromatic carbocycles. The minimum atomic E-state index is 0.569. The van der Waals surface area contributed by atoms with Gasteiger partial charge in [-0.05, 0) is 31.9 Å². The second-order valence-corrected chi connectivity index (χ2v) is 8.57. The average molecular weight is 421 g/mol. The molecule has 0 spiro atoms. The third-order valence-corrected chi connectivity index (χ3v) is 6.97. The first kappa shape index (κ1) is 19.4. The molecule has 0 amide bonds. The molecule has 8 nitrogen and oxygen atoms in total. The van der Waals surface area contributed by atoms with Crippen LogP contribution in [0.5, 0.6) is 0 Å². The van der Waals surface area contributed by atoms with Gasteiger partial charge in [-0.25, -0.2) is 0 Å². The molecule has 10 heteroatoms. The van der Waals surface area contributed by atoms with E-state index in [0.29, 0.717) is 17.5 Å². The van der Waals surface area contributed by atoms with E-state index in [2.05, 4.69) is 56.7 Å². The van der Waals surface area contributed by atoms with Crippen molar-refractivity contribution in [1.29, 1.82) is 0 Å². The second kappa shape index (κ2) is 8.62. The van der Waals surface area contributed by atoms with E-state index in [4.69, 9.17) is 9.15 Å². The number of thioether (sulfide) groups is 1. The highest BCUT2D eigenvalue weighted by molar-refractivity contribution is 7.98. The van der Waals surface area contributed by atoms with Crippen LogP contribution in [-0.2, 0) is 23.5 Å². The summed E-state index contributed by atoms with van der Waals surface area (Å²) in [5.41, 5.74) is 1.28. The molecule has 4 rings (SSSR count). The lowest BCUT2D eigenvalue weighted by Gasteiger charge is -2.27. The topological polar surface area (TPSA) is 82.1 Å². The SMILES string of the molecule is CCc1sc(-c2nnc(CSc3nnc(N4CCOCC4)n3CC)o2)cc1C. The molecule has 0 N–H and O–H groups in total. The lowest BCUT2D eigenvalue weighted by atomic mass is 10.2. The molecule has 3 aromatic rings. The molecule has 28 heavy (non-hydrogen) atoms. The van der Waals surface area contributed by atoms with Crippen molar-refractivity contribution >= 4 is 29.0 Å². The van der Waals surface area contributed by atoms with Gasteiger partial charge in [0.25, 0.3) is 5.89 Å². The smallest absolute Gasteiger partial charge is 0.257 e. The lowest BCUT2D eigenvalue weighted by Crippen LogP contribution is -2.38. The average Bonchev–Trinajstić information content (AvgIpc) is 3.44. The molecule has 0 radical (unpaired) electrons.